The van der Waals surface area contributed by atoms with Crippen molar-refractivity contribution in [2.24, 2.45) is 10.7 Å². The molecule has 128 valence electrons. The minimum Gasteiger partial charge on any atom is -0.493 e. The van der Waals surface area contributed by atoms with Gasteiger partial charge in [-0.25, -0.2) is 9.98 Å². The smallest absolute Gasteiger partial charge is 0.213 e. The summed E-state index contributed by atoms with van der Waals surface area (Å²) >= 11 is 5.75. The molecule has 1 aromatic heterocycles. The van der Waals surface area contributed by atoms with Gasteiger partial charge in [-0.3, -0.25) is 0 Å². The number of aliphatic imine (C=N–C) groups is 1. The number of nitrogens with zero attached hydrogens (tertiary/aromatic N) is 2. The van der Waals surface area contributed by atoms with E-state index in [1.807, 2.05) is 6.07 Å². The Morgan fingerprint density at radius 3 is 2.67 bits per heavy atom. The molecule has 0 aliphatic rings. The number of anilines is 1. The van der Waals surface area contributed by atoms with Crippen LogP contribution in [0.4, 0.5) is 5.69 Å². The van der Waals surface area contributed by atoms with Crippen molar-refractivity contribution in [1.82, 2.24) is 4.98 Å². The van der Waals surface area contributed by atoms with Crippen molar-refractivity contribution in [3.8, 4) is 17.4 Å². The van der Waals surface area contributed by atoms with Crippen molar-refractivity contribution in [3.05, 3.63) is 41.6 Å². The van der Waals surface area contributed by atoms with E-state index in [0.29, 0.717) is 35.6 Å². The number of rotatable bonds is 7. The molecule has 0 amide bonds. The first-order chi connectivity index (χ1) is 11.6. The maximum Gasteiger partial charge on any atom is 0.213 e. The normalized spacial score (nSPS) is 11.0. The van der Waals surface area contributed by atoms with E-state index in [4.69, 9.17) is 31.5 Å². The van der Waals surface area contributed by atoms with E-state index in [1.54, 1.807) is 38.5 Å². The van der Waals surface area contributed by atoms with Crippen LogP contribution in [-0.2, 0) is 0 Å². The van der Waals surface area contributed by atoms with E-state index in [1.165, 1.54) is 6.20 Å². The Kier molecular flexibility index (Phi) is 6.51. The molecule has 8 heteroatoms. The largest absolute Gasteiger partial charge is 0.493 e. The van der Waals surface area contributed by atoms with Crippen LogP contribution < -0.4 is 25.3 Å². The second-order valence-electron chi connectivity index (χ2n) is 4.62. The molecule has 7 nitrogen and oxygen atoms in total. The van der Waals surface area contributed by atoms with Gasteiger partial charge in [-0.2, -0.15) is 0 Å². The summed E-state index contributed by atoms with van der Waals surface area (Å²) in [5, 5.41) is 3.54. The molecule has 0 aliphatic heterocycles. The summed E-state index contributed by atoms with van der Waals surface area (Å²) in [4.78, 5) is 8.21. The monoisotopic (exact) mass is 350 g/mol. The third-order valence-corrected chi connectivity index (χ3v) is 3.20. The summed E-state index contributed by atoms with van der Waals surface area (Å²) in [5.74, 6) is 2.01. The highest BCUT2D eigenvalue weighted by atomic mass is 35.5. The lowest BCUT2D eigenvalue weighted by Gasteiger charge is -2.11. The molecule has 0 atom stereocenters. The maximum atomic E-state index is 5.85. The highest BCUT2D eigenvalue weighted by Gasteiger charge is 2.05. The van der Waals surface area contributed by atoms with E-state index in [9.17, 15) is 0 Å². The molecular formula is C16H19ClN4O3. The van der Waals surface area contributed by atoms with Crippen LogP contribution in [0.3, 0.4) is 0 Å². The van der Waals surface area contributed by atoms with Gasteiger partial charge in [0.1, 0.15) is 6.61 Å². The van der Waals surface area contributed by atoms with Crippen molar-refractivity contribution in [2.45, 2.75) is 0 Å². The molecular weight excluding hydrogens is 332 g/mol. The van der Waals surface area contributed by atoms with E-state index in [2.05, 4.69) is 15.3 Å². The Bertz CT molecular complexity index is 692. The summed E-state index contributed by atoms with van der Waals surface area (Å²) in [6.07, 6.45) is 1.52. The van der Waals surface area contributed by atoms with Crippen LogP contribution in [0.1, 0.15) is 0 Å². The van der Waals surface area contributed by atoms with Gasteiger partial charge in [-0.05, 0) is 18.2 Å². The quantitative estimate of drug-likeness (QED) is 0.453. The van der Waals surface area contributed by atoms with Gasteiger partial charge >= 0.3 is 0 Å². The van der Waals surface area contributed by atoms with Gasteiger partial charge in [0.2, 0.25) is 5.88 Å². The zero-order valence-corrected chi connectivity index (χ0v) is 14.2. The van der Waals surface area contributed by atoms with Crippen molar-refractivity contribution >= 4 is 23.2 Å². The lowest BCUT2D eigenvalue weighted by Crippen LogP contribution is -2.23. The summed E-state index contributed by atoms with van der Waals surface area (Å²) in [7, 11) is 3.15. The number of pyridine rings is 1. The Hall–Kier alpha value is -2.67. The lowest BCUT2D eigenvalue weighted by atomic mass is 10.3. The number of hydrogen-bond donors (Lipinski definition) is 2. The SMILES string of the molecule is COc1ccc(NC(N)=NCCOc2ccc(Cl)cn2)cc1OC. The van der Waals surface area contributed by atoms with Crippen LogP contribution in [0, 0.1) is 0 Å². The third-order valence-electron chi connectivity index (χ3n) is 2.98. The molecule has 0 radical (unpaired) electrons. The fourth-order valence-electron chi connectivity index (χ4n) is 1.87. The van der Waals surface area contributed by atoms with Gasteiger partial charge in [0.15, 0.2) is 17.5 Å². The molecule has 1 heterocycles. The summed E-state index contributed by atoms with van der Waals surface area (Å²) in [6.45, 7) is 0.735. The Morgan fingerprint density at radius 1 is 1.21 bits per heavy atom. The fourth-order valence-corrected chi connectivity index (χ4v) is 1.98. The third kappa shape index (κ3) is 5.20. The average molecular weight is 351 g/mol. The number of nitrogens with two attached hydrogens (primary N) is 1. The van der Waals surface area contributed by atoms with Crippen molar-refractivity contribution in [1.29, 1.82) is 0 Å². The summed E-state index contributed by atoms with van der Waals surface area (Å²) in [5.41, 5.74) is 6.59. The zero-order chi connectivity index (χ0) is 17.4. The zero-order valence-electron chi connectivity index (χ0n) is 13.5. The van der Waals surface area contributed by atoms with E-state index < -0.39 is 0 Å². The molecule has 24 heavy (non-hydrogen) atoms. The Balaban J connectivity index is 1.84. The Morgan fingerprint density at radius 2 is 2.00 bits per heavy atom. The van der Waals surface area contributed by atoms with Gasteiger partial charge in [-0.1, -0.05) is 11.6 Å². The van der Waals surface area contributed by atoms with Gasteiger partial charge in [-0.15, -0.1) is 0 Å². The van der Waals surface area contributed by atoms with E-state index in [-0.39, 0.29) is 5.96 Å². The molecule has 0 fully saturated rings. The molecule has 0 spiro atoms. The second-order valence-corrected chi connectivity index (χ2v) is 5.06. The molecule has 3 N–H and O–H groups in total. The van der Waals surface area contributed by atoms with Gasteiger partial charge in [0.05, 0.1) is 25.8 Å². The number of methoxy groups -OCH3 is 2. The molecule has 0 aliphatic carbocycles. The number of aromatic nitrogens is 1. The number of nitrogens with one attached hydrogen (secondary N) is 1. The number of guanidine groups is 1. The minimum absolute atomic E-state index is 0.273. The highest BCUT2D eigenvalue weighted by Crippen LogP contribution is 2.29. The van der Waals surface area contributed by atoms with Gasteiger partial charge in [0, 0.05) is 24.0 Å². The van der Waals surface area contributed by atoms with Crippen molar-refractivity contribution < 1.29 is 14.2 Å². The maximum absolute atomic E-state index is 5.85. The van der Waals surface area contributed by atoms with Crippen LogP contribution in [0.2, 0.25) is 5.02 Å². The summed E-state index contributed by atoms with van der Waals surface area (Å²) < 4.78 is 15.8. The van der Waals surface area contributed by atoms with Gasteiger partial charge in [0.25, 0.3) is 0 Å². The molecule has 2 aromatic rings. The minimum atomic E-state index is 0.273. The lowest BCUT2D eigenvalue weighted by molar-refractivity contribution is 0.316. The number of benzene rings is 1. The number of hydrogen-bond acceptors (Lipinski definition) is 5. The fraction of sp³-hybridized carbons (Fsp3) is 0.250. The van der Waals surface area contributed by atoms with Crippen LogP contribution in [0.25, 0.3) is 0 Å². The Labute approximate surface area is 145 Å². The average Bonchev–Trinajstić information content (AvgIpc) is 2.60. The van der Waals surface area contributed by atoms with Crippen molar-refractivity contribution in [3.63, 3.8) is 0 Å². The molecule has 2 rings (SSSR count). The van der Waals surface area contributed by atoms with Gasteiger partial charge < -0.3 is 25.3 Å². The molecule has 1 aromatic carbocycles. The van der Waals surface area contributed by atoms with Crippen LogP contribution in [0.5, 0.6) is 17.4 Å². The van der Waals surface area contributed by atoms with Crippen LogP contribution in [-0.4, -0.2) is 38.3 Å². The van der Waals surface area contributed by atoms with E-state index in [0.717, 1.165) is 5.69 Å². The summed E-state index contributed by atoms with van der Waals surface area (Å²) in [6, 6.07) is 8.77. The van der Waals surface area contributed by atoms with E-state index >= 15 is 0 Å². The van der Waals surface area contributed by atoms with Crippen LogP contribution in [0.15, 0.2) is 41.5 Å². The molecule has 0 saturated carbocycles. The second kappa shape index (κ2) is 8.83. The standard InChI is InChI=1S/C16H19ClN4O3/c1-22-13-5-4-12(9-14(13)23-2)21-16(18)19-7-8-24-15-6-3-11(17)10-20-15/h3-6,9-10H,7-8H2,1-2H3,(H3,18,19,21). The van der Waals surface area contributed by atoms with Crippen LogP contribution >= 0.6 is 11.6 Å². The predicted octanol–water partition coefficient (Wildman–Crippen LogP) is 2.56. The number of ether oxygens (including phenoxy) is 3. The molecule has 0 unspecified atom stereocenters. The molecule has 0 bridgehead atoms. The number of halogens is 1. The first kappa shape index (κ1) is 17.7. The highest BCUT2D eigenvalue weighted by molar-refractivity contribution is 6.30. The first-order valence-electron chi connectivity index (χ1n) is 7.15. The molecule has 0 saturated heterocycles. The topological polar surface area (TPSA) is 91.0 Å². The predicted molar refractivity (Wildman–Crippen MR) is 94.4 cm³/mol. The van der Waals surface area contributed by atoms with Crippen molar-refractivity contribution in [2.75, 3.05) is 32.7 Å². The first-order valence-corrected chi connectivity index (χ1v) is 7.53.